The summed E-state index contributed by atoms with van der Waals surface area (Å²) in [7, 11) is 0. The van der Waals surface area contributed by atoms with E-state index in [0.717, 1.165) is 16.6 Å². The van der Waals surface area contributed by atoms with Crippen LogP contribution in [0.25, 0.3) is 0 Å². The Hall–Kier alpha value is -0.390. The van der Waals surface area contributed by atoms with E-state index in [0.29, 0.717) is 12.8 Å². The molecule has 1 unspecified atom stereocenters. The number of halogens is 1. The third-order valence-electron chi connectivity index (χ3n) is 3.25. The molecule has 0 aliphatic heterocycles. The molecule has 3 nitrogen and oxygen atoms in total. The fourth-order valence-corrected chi connectivity index (χ4v) is 3.55. The summed E-state index contributed by atoms with van der Waals surface area (Å²) in [5, 5.41) is 12.1. The van der Waals surface area contributed by atoms with Gasteiger partial charge in [-0.05, 0) is 52.7 Å². The zero-order chi connectivity index (χ0) is 15.2. The Morgan fingerprint density at radius 2 is 2.15 bits per heavy atom. The van der Waals surface area contributed by atoms with Crippen molar-refractivity contribution in [2.75, 3.05) is 6.61 Å². The minimum absolute atomic E-state index is 0.0240. The number of amides is 1. The second-order valence-electron chi connectivity index (χ2n) is 6.06. The average molecular weight is 362 g/mol. The van der Waals surface area contributed by atoms with Gasteiger partial charge in [-0.15, -0.1) is 11.3 Å². The number of rotatable bonds is 7. The van der Waals surface area contributed by atoms with E-state index in [1.165, 1.54) is 4.88 Å². The molecule has 0 radical (unpaired) electrons. The van der Waals surface area contributed by atoms with Crippen molar-refractivity contribution in [3.8, 4) is 0 Å². The standard InChI is InChI=1S/C15H24BrNO2S/c1-15(2,3)12(9-10-18)17-14(19)6-4-5-11-7-8-13(16)20-11/h7-8,12,18H,4-6,9-10H2,1-3H3,(H,17,19). The lowest BCUT2D eigenvalue weighted by Crippen LogP contribution is -2.44. The van der Waals surface area contributed by atoms with Gasteiger partial charge in [0.15, 0.2) is 0 Å². The molecular weight excluding hydrogens is 338 g/mol. The van der Waals surface area contributed by atoms with E-state index in [-0.39, 0.29) is 24.0 Å². The van der Waals surface area contributed by atoms with Crippen LogP contribution in [0.4, 0.5) is 0 Å². The molecule has 2 N–H and O–H groups in total. The second-order valence-corrected chi connectivity index (χ2v) is 8.61. The summed E-state index contributed by atoms with van der Waals surface area (Å²) in [4.78, 5) is 13.3. The fourth-order valence-electron chi connectivity index (χ4n) is 2.03. The zero-order valence-corrected chi connectivity index (χ0v) is 14.8. The van der Waals surface area contributed by atoms with E-state index in [4.69, 9.17) is 5.11 Å². The highest BCUT2D eigenvalue weighted by molar-refractivity contribution is 9.11. The number of hydrogen-bond acceptors (Lipinski definition) is 3. The van der Waals surface area contributed by atoms with Crippen LogP contribution in [0, 0.1) is 5.41 Å². The number of aliphatic hydroxyl groups is 1. The number of aliphatic hydroxyl groups excluding tert-OH is 1. The number of carbonyl (C=O) groups is 1. The van der Waals surface area contributed by atoms with E-state index < -0.39 is 0 Å². The van der Waals surface area contributed by atoms with Crippen molar-refractivity contribution < 1.29 is 9.90 Å². The SMILES string of the molecule is CC(C)(C)C(CCO)NC(=O)CCCc1ccc(Br)s1. The lowest BCUT2D eigenvalue weighted by atomic mass is 9.85. The summed E-state index contributed by atoms with van der Waals surface area (Å²) in [6.45, 7) is 6.34. The van der Waals surface area contributed by atoms with E-state index in [9.17, 15) is 4.79 Å². The van der Waals surface area contributed by atoms with Crippen molar-refractivity contribution in [2.24, 2.45) is 5.41 Å². The molecule has 114 valence electrons. The average Bonchev–Trinajstić information content (AvgIpc) is 2.73. The van der Waals surface area contributed by atoms with Crippen molar-refractivity contribution in [1.29, 1.82) is 0 Å². The van der Waals surface area contributed by atoms with Crippen LogP contribution < -0.4 is 5.32 Å². The lowest BCUT2D eigenvalue weighted by molar-refractivity contribution is -0.122. The first-order valence-corrected chi connectivity index (χ1v) is 8.58. The molecular formula is C15H24BrNO2S. The smallest absolute Gasteiger partial charge is 0.220 e. The van der Waals surface area contributed by atoms with Crippen molar-refractivity contribution in [2.45, 2.75) is 52.5 Å². The van der Waals surface area contributed by atoms with Gasteiger partial charge in [-0.3, -0.25) is 4.79 Å². The van der Waals surface area contributed by atoms with Crippen molar-refractivity contribution >= 4 is 33.2 Å². The van der Waals surface area contributed by atoms with Crippen molar-refractivity contribution in [3.05, 3.63) is 20.8 Å². The third kappa shape index (κ3) is 6.37. The van der Waals surface area contributed by atoms with Gasteiger partial charge in [-0.25, -0.2) is 0 Å². The minimum Gasteiger partial charge on any atom is -0.396 e. The summed E-state index contributed by atoms with van der Waals surface area (Å²) in [5.74, 6) is 0.0778. The molecule has 1 amide bonds. The van der Waals surface area contributed by atoms with Gasteiger partial charge in [0.25, 0.3) is 0 Å². The van der Waals surface area contributed by atoms with Gasteiger partial charge in [0, 0.05) is 23.9 Å². The summed E-state index contributed by atoms with van der Waals surface area (Å²) in [6, 6.07) is 4.16. The van der Waals surface area contributed by atoms with Gasteiger partial charge in [0.05, 0.1) is 3.79 Å². The highest BCUT2D eigenvalue weighted by atomic mass is 79.9. The van der Waals surface area contributed by atoms with Gasteiger partial charge >= 0.3 is 0 Å². The van der Waals surface area contributed by atoms with Crippen molar-refractivity contribution in [1.82, 2.24) is 5.32 Å². The van der Waals surface area contributed by atoms with Crippen LogP contribution in [-0.2, 0) is 11.2 Å². The summed E-state index contributed by atoms with van der Waals surface area (Å²) >= 11 is 5.16. The minimum atomic E-state index is -0.0307. The van der Waals surface area contributed by atoms with Crippen LogP contribution >= 0.6 is 27.3 Å². The second kappa shape index (κ2) is 8.15. The van der Waals surface area contributed by atoms with Crippen LogP contribution in [0.5, 0.6) is 0 Å². The molecule has 0 saturated carbocycles. The molecule has 1 rings (SSSR count). The van der Waals surface area contributed by atoms with Crippen LogP contribution in [0.2, 0.25) is 0 Å². The summed E-state index contributed by atoms with van der Waals surface area (Å²) in [5.41, 5.74) is -0.0307. The summed E-state index contributed by atoms with van der Waals surface area (Å²) in [6.07, 6.45) is 2.93. The Morgan fingerprint density at radius 1 is 1.45 bits per heavy atom. The maximum absolute atomic E-state index is 12.0. The molecule has 1 aromatic heterocycles. The Kier molecular flexibility index (Phi) is 7.20. The van der Waals surface area contributed by atoms with Gasteiger partial charge in [0.1, 0.15) is 0 Å². The predicted molar refractivity (Wildman–Crippen MR) is 88.0 cm³/mol. The Morgan fingerprint density at radius 3 is 2.65 bits per heavy atom. The quantitative estimate of drug-likeness (QED) is 0.776. The molecule has 0 fully saturated rings. The van der Waals surface area contributed by atoms with E-state index in [2.05, 4.69) is 48.1 Å². The van der Waals surface area contributed by atoms with E-state index >= 15 is 0 Å². The van der Waals surface area contributed by atoms with E-state index in [1.807, 2.05) is 6.07 Å². The van der Waals surface area contributed by atoms with Crippen molar-refractivity contribution in [3.63, 3.8) is 0 Å². The Balaban J connectivity index is 2.34. The molecule has 0 aliphatic rings. The largest absolute Gasteiger partial charge is 0.396 e. The molecule has 1 atom stereocenters. The topological polar surface area (TPSA) is 49.3 Å². The van der Waals surface area contributed by atoms with Crippen LogP contribution in [0.15, 0.2) is 15.9 Å². The Bertz CT molecular complexity index is 426. The number of carbonyl (C=O) groups excluding carboxylic acids is 1. The van der Waals surface area contributed by atoms with Gasteiger partial charge in [0.2, 0.25) is 5.91 Å². The first-order chi connectivity index (χ1) is 9.32. The number of nitrogens with one attached hydrogen (secondary N) is 1. The summed E-state index contributed by atoms with van der Waals surface area (Å²) < 4.78 is 1.13. The van der Waals surface area contributed by atoms with E-state index in [1.54, 1.807) is 11.3 Å². The lowest BCUT2D eigenvalue weighted by Gasteiger charge is -2.31. The van der Waals surface area contributed by atoms with Gasteiger partial charge < -0.3 is 10.4 Å². The molecule has 0 saturated heterocycles. The maximum atomic E-state index is 12.0. The molecule has 5 heteroatoms. The van der Waals surface area contributed by atoms with Gasteiger partial charge in [-0.1, -0.05) is 20.8 Å². The number of aryl methyl sites for hydroxylation is 1. The molecule has 0 aliphatic carbocycles. The predicted octanol–water partition coefficient (Wildman–Crippen LogP) is 3.75. The first-order valence-electron chi connectivity index (χ1n) is 6.97. The fraction of sp³-hybridized carbons (Fsp3) is 0.667. The highest BCUT2D eigenvalue weighted by Crippen LogP contribution is 2.24. The molecule has 0 aromatic carbocycles. The monoisotopic (exact) mass is 361 g/mol. The number of thiophene rings is 1. The molecule has 0 bridgehead atoms. The zero-order valence-electron chi connectivity index (χ0n) is 12.4. The molecule has 0 spiro atoms. The first kappa shape index (κ1) is 17.7. The maximum Gasteiger partial charge on any atom is 0.220 e. The van der Waals surface area contributed by atoms with Crippen LogP contribution in [0.3, 0.4) is 0 Å². The number of hydrogen-bond donors (Lipinski definition) is 2. The van der Waals surface area contributed by atoms with Gasteiger partial charge in [-0.2, -0.15) is 0 Å². The van der Waals surface area contributed by atoms with Crippen LogP contribution in [0.1, 0.15) is 44.9 Å². The third-order valence-corrected chi connectivity index (χ3v) is 4.94. The van der Waals surface area contributed by atoms with Crippen LogP contribution in [-0.4, -0.2) is 23.7 Å². The molecule has 1 heterocycles. The highest BCUT2D eigenvalue weighted by Gasteiger charge is 2.25. The molecule has 1 aromatic rings. The normalized spacial score (nSPS) is 13.2. The Labute approximate surface area is 133 Å². The molecule has 20 heavy (non-hydrogen) atoms.